The molecule has 1 aliphatic carbocycles. The predicted molar refractivity (Wildman–Crippen MR) is 174 cm³/mol. The molecule has 5 aromatic rings. The molecule has 9 rings (SSSR count). The Morgan fingerprint density at radius 2 is 1.65 bits per heavy atom. The highest BCUT2D eigenvalue weighted by atomic mass is 16.2. The summed E-state index contributed by atoms with van der Waals surface area (Å²) in [5.41, 5.74) is 13.8. The van der Waals surface area contributed by atoms with Crippen molar-refractivity contribution in [3.05, 3.63) is 71.9 Å². The number of nitrogen functional groups attached to an aromatic ring is 1. The van der Waals surface area contributed by atoms with Crippen LogP contribution >= 0.6 is 0 Å². The number of amides is 1. The zero-order chi connectivity index (χ0) is 30.8. The molecule has 4 aliphatic rings. The van der Waals surface area contributed by atoms with Gasteiger partial charge in [-0.3, -0.25) is 9.78 Å². The third-order valence-electron chi connectivity index (χ3n) is 10.3. The molecule has 2 bridgehead atoms. The second-order valence-corrected chi connectivity index (χ2v) is 13.2. The molecule has 234 valence electrons. The minimum Gasteiger partial charge on any atom is -0.383 e. The molecule has 12 nitrogen and oxygen atoms in total. The molecule has 3 saturated heterocycles. The van der Waals surface area contributed by atoms with Gasteiger partial charge in [-0.1, -0.05) is 36.4 Å². The zero-order valence-corrected chi connectivity index (χ0v) is 25.6. The Kier molecular flexibility index (Phi) is 6.51. The fourth-order valence-corrected chi connectivity index (χ4v) is 7.91. The third kappa shape index (κ3) is 4.61. The number of rotatable bonds is 6. The van der Waals surface area contributed by atoms with Crippen LogP contribution in [0.15, 0.2) is 54.9 Å². The quantitative estimate of drug-likeness (QED) is 0.258. The van der Waals surface area contributed by atoms with E-state index in [0.29, 0.717) is 23.5 Å². The molecule has 1 aromatic carbocycles. The number of pyridine rings is 1. The number of piperidine rings is 1. The Labute approximate surface area is 266 Å². The Bertz CT molecular complexity index is 1890. The number of nitrogens with one attached hydrogen (secondary N) is 2. The summed E-state index contributed by atoms with van der Waals surface area (Å²) >= 11 is 0. The van der Waals surface area contributed by atoms with Gasteiger partial charge in [0.1, 0.15) is 5.82 Å². The molecule has 4 aromatic heterocycles. The molecule has 1 saturated carbocycles. The van der Waals surface area contributed by atoms with Gasteiger partial charge in [0.05, 0.1) is 17.6 Å². The van der Waals surface area contributed by atoms with E-state index in [1.807, 2.05) is 41.2 Å². The van der Waals surface area contributed by atoms with E-state index in [2.05, 4.69) is 48.5 Å². The third-order valence-corrected chi connectivity index (χ3v) is 10.3. The number of hydrogen-bond donors (Lipinski definition) is 3. The fraction of sp³-hybridized carbons (Fsp3) is 0.412. The SMILES string of the molecule is Nc1c(C2CC2)c(C2CC3CCC(C2)N3C(=O)c2nnc(N3CCNCC3)[nH]2)nc2c(-c3ccc(-c4ccccc4)nc3)cnn12. The number of nitrogens with two attached hydrogens (primary N) is 1. The Hall–Kier alpha value is -4.84. The maximum Gasteiger partial charge on any atom is 0.292 e. The maximum absolute atomic E-state index is 13.8. The van der Waals surface area contributed by atoms with Crippen LogP contribution in [0.1, 0.15) is 72.2 Å². The van der Waals surface area contributed by atoms with E-state index < -0.39 is 0 Å². The summed E-state index contributed by atoms with van der Waals surface area (Å²) in [6.45, 7) is 3.48. The summed E-state index contributed by atoms with van der Waals surface area (Å²) in [4.78, 5) is 31.4. The van der Waals surface area contributed by atoms with E-state index >= 15 is 0 Å². The number of anilines is 2. The Morgan fingerprint density at radius 3 is 2.37 bits per heavy atom. The molecule has 46 heavy (non-hydrogen) atoms. The number of benzene rings is 1. The van der Waals surface area contributed by atoms with Crippen LogP contribution in [0, 0.1) is 0 Å². The van der Waals surface area contributed by atoms with Crippen LogP contribution < -0.4 is 16.0 Å². The number of fused-ring (bicyclic) bond motifs is 3. The second kappa shape index (κ2) is 10.9. The standard InChI is InChI=1S/C34H37N11O/c35-30-28(21-6-7-21)29(39-32-26(19-38-45(30)32)22-8-11-27(37-18-22)20-4-2-1-3-5-20)23-16-24-9-10-25(17-23)44(24)33(46)31-40-34(42-41-31)43-14-12-36-13-15-43/h1-5,8,11,18-19,21,23-25,36H,6-7,9-10,12-17,35H2,(H,40,41,42). The lowest BCUT2D eigenvalue weighted by Gasteiger charge is -2.39. The summed E-state index contributed by atoms with van der Waals surface area (Å²) in [6.07, 6.45) is 9.69. The normalized spacial score (nSPS) is 22.9. The number of nitrogens with zero attached hydrogens (tertiary/aromatic N) is 8. The number of hydrogen-bond acceptors (Lipinski definition) is 9. The van der Waals surface area contributed by atoms with Crippen LogP contribution in [0.3, 0.4) is 0 Å². The summed E-state index contributed by atoms with van der Waals surface area (Å²) in [7, 11) is 0. The number of carbonyl (C=O) groups is 1. The summed E-state index contributed by atoms with van der Waals surface area (Å²) in [5, 5.41) is 16.7. The minimum absolute atomic E-state index is 0.0466. The Morgan fingerprint density at radius 1 is 0.870 bits per heavy atom. The van der Waals surface area contributed by atoms with Crippen molar-refractivity contribution in [3.63, 3.8) is 0 Å². The van der Waals surface area contributed by atoms with Gasteiger partial charge in [0.15, 0.2) is 5.65 Å². The molecule has 0 spiro atoms. The smallest absolute Gasteiger partial charge is 0.292 e. The lowest BCUT2D eigenvalue weighted by atomic mass is 9.85. The van der Waals surface area contributed by atoms with E-state index in [1.54, 1.807) is 0 Å². The largest absolute Gasteiger partial charge is 0.383 e. The molecule has 12 heteroatoms. The van der Waals surface area contributed by atoms with Crippen molar-refractivity contribution in [2.45, 2.75) is 62.4 Å². The average Bonchev–Trinajstić information content (AvgIpc) is 3.53. The zero-order valence-electron chi connectivity index (χ0n) is 25.6. The number of aromatic amines is 1. The maximum atomic E-state index is 13.8. The monoisotopic (exact) mass is 615 g/mol. The van der Waals surface area contributed by atoms with Crippen molar-refractivity contribution in [1.82, 2.24) is 45.0 Å². The fourth-order valence-electron chi connectivity index (χ4n) is 7.91. The van der Waals surface area contributed by atoms with E-state index in [1.165, 1.54) is 0 Å². The summed E-state index contributed by atoms with van der Waals surface area (Å²) < 4.78 is 1.81. The van der Waals surface area contributed by atoms with Crippen molar-refractivity contribution in [2.75, 3.05) is 36.8 Å². The second-order valence-electron chi connectivity index (χ2n) is 13.2. The first-order valence-electron chi connectivity index (χ1n) is 16.5. The average molecular weight is 616 g/mol. The van der Waals surface area contributed by atoms with E-state index in [4.69, 9.17) is 20.8 Å². The lowest BCUT2D eigenvalue weighted by molar-refractivity contribution is 0.0557. The molecule has 4 N–H and O–H groups in total. The van der Waals surface area contributed by atoms with E-state index in [-0.39, 0.29) is 23.9 Å². The van der Waals surface area contributed by atoms with Crippen LogP contribution in [-0.2, 0) is 0 Å². The van der Waals surface area contributed by atoms with Crippen molar-refractivity contribution in [2.24, 2.45) is 0 Å². The van der Waals surface area contributed by atoms with Crippen LogP contribution in [0.5, 0.6) is 0 Å². The van der Waals surface area contributed by atoms with Gasteiger partial charge in [0.25, 0.3) is 5.91 Å². The van der Waals surface area contributed by atoms with Gasteiger partial charge in [0, 0.05) is 72.6 Å². The van der Waals surface area contributed by atoms with Crippen molar-refractivity contribution >= 4 is 23.3 Å². The van der Waals surface area contributed by atoms with Crippen molar-refractivity contribution in [1.29, 1.82) is 0 Å². The topological polar surface area (TPSA) is 146 Å². The highest BCUT2D eigenvalue weighted by molar-refractivity contribution is 5.91. The highest BCUT2D eigenvalue weighted by Gasteiger charge is 2.46. The molecule has 4 fully saturated rings. The lowest BCUT2D eigenvalue weighted by Crippen LogP contribution is -2.46. The molecule has 0 radical (unpaired) electrons. The number of piperazine rings is 1. The van der Waals surface area contributed by atoms with Gasteiger partial charge in [-0.05, 0) is 50.5 Å². The van der Waals surface area contributed by atoms with Crippen molar-refractivity contribution < 1.29 is 4.79 Å². The van der Waals surface area contributed by atoms with Gasteiger partial charge in [-0.15, -0.1) is 10.2 Å². The van der Waals surface area contributed by atoms with Crippen LogP contribution in [0.2, 0.25) is 0 Å². The molecule has 2 unspecified atom stereocenters. The molecule has 1 amide bonds. The van der Waals surface area contributed by atoms with Crippen LogP contribution in [0.25, 0.3) is 28.0 Å². The molecule has 3 aliphatic heterocycles. The van der Waals surface area contributed by atoms with E-state index in [9.17, 15) is 4.79 Å². The van der Waals surface area contributed by atoms with Gasteiger partial charge >= 0.3 is 0 Å². The van der Waals surface area contributed by atoms with Gasteiger partial charge in [-0.2, -0.15) is 9.61 Å². The van der Waals surface area contributed by atoms with Gasteiger partial charge in [-0.25, -0.2) is 4.98 Å². The number of aromatic nitrogens is 7. The van der Waals surface area contributed by atoms with Crippen LogP contribution in [-0.4, -0.2) is 83.8 Å². The first-order chi connectivity index (χ1) is 22.6. The number of H-pyrrole nitrogens is 1. The summed E-state index contributed by atoms with van der Waals surface area (Å²) in [5.74, 6) is 2.29. The molecule has 7 heterocycles. The number of carbonyl (C=O) groups excluding carboxylic acids is 1. The molecular formula is C34H37N11O. The van der Waals surface area contributed by atoms with Crippen molar-refractivity contribution in [3.8, 4) is 22.4 Å². The highest BCUT2D eigenvalue weighted by Crippen LogP contribution is 2.50. The first-order valence-corrected chi connectivity index (χ1v) is 16.5. The van der Waals surface area contributed by atoms with Crippen LogP contribution in [0.4, 0.5) is 11.8 Å². The Balaban J connectivity index is 1.01. The minimum atomic E-state index is -0.0466. The first kappa shape index (κ1) is 27.5. The van der Waals surface area contributed by atoms with Gasteiger partial charge < -0.3 is 25.8 Å². The summed E-state index contributed by atoms with van der Waals surface area (Å²) in [6, 6.07) is 14.6. The molecular weight excluding hydrogens is 578 g/mol. The predicted octanol–water partition coefficient (Wildman–Crippen LogP) is 4.00. The van der Waals surface area contributed by atoms with E-state index in [0.717, 1.165) is 104 Å². The van der Waals surface area contributed by atoms with Gasteiger partial charge in [0.2, 0.25) is 11.8 Å². The molecule has 2 atom stereocenters.